The summed E-state index contributed by atoms with van der Waals surface area (Å²) in [4.78, 5) is 0. The summed E-state index contributed by atoms with van der Waals surface area (Å²) in [7, 11) is 7.58. The monoisotopic (exact) mass is 556 g/mol. The molecule has 33 heavy (non-hydrogen) atoms. The second-order valence-corrected chi connectivity index (χ2v) is 15.3. The van der Waals surface area contributed by atoms with E-state index in [9.17, 15) is 0 Å². The third kappa shape index (κ3) is 7.40. The van der Waals surface area contributed by atoms with E-state index in [1.54, 1.807) is 0 Å². The third-order valence-corrected chi connectivity index (χ3v) is 13.0. The van der Waals surface area contributed by atoms with Gasteiger partial charge in [0.2, 0.25) is 0 Å². The molecular weight excluding hydrogens is 528 g/mol. The van der Waals surface area contributed by atoms with Crippen LogP contribution in [0.25, 0.3) is 0 Å². The van der Waals surface area contributed by atoms with Crippen LogP contribution in [0.4, 0.5) is 0 Å². The van der Waals surface area contributed by atoms with Gasteiger partial charge in [-0.3, -0.25) is 0 Å². The zero-order chi connectivity index (χ0) is 23.5. The number of rotatable bonds is 7. The Morgan fingerprint density at radius 3 is 0.818 bits per heavy atom. The minimum atomic E-state index is -0.910. The SMILES string of the molecule is C[C@@H]([C@H](C)[PH+](c1ccccc1)c1ccccc1)[PH+](c1ccccc1)c1ccccc1.[Cl][Ni][Cl]. The van der Waals surface area contributed by atoms with Crippen LogP contribution in [-0.4, -0.2) is 11.3 Å². The van der Waals surface area contributed by atoms with Crippen LogP contribution < -0.4 is 21.2 Å². The molecule has 4 aromatic rings. The fourth-order valence-corrected chi connectivity index (χ4v) is 11.3. The summed E-state index contributed by atoms with van der Waals surface area (Å²) in [6.45, 7) is 4.99. The molecule has 0 saturated heterocycles. The quantitative estimate of drug-likeness (QED) is 0.172. The molecule has 0 aliphatic rings. The van der Waals surface area contributed by atoms with Crippen molar-refractivity contribution in [3.63, 3.8) is 0 Å². The average Bonchev–Trinajstić information content (AvgIpc) is 2.87. The van der Waals surface area contributed by atoms with Gasteiger partial charge in [0.1, 0.15) is 11.3 Å². The molecule has 0 aliphatic heterocycles. The maximum absolute atomic E-state index is 4.70. The van der Waals surface area contributed by atoms with Crippen molar-refractivity contribution in [1.82, 2.24) is 0 Å². The first-order valence-electron chi connectivity index (χ1n) is 10.9. The second-order valence-electron chi connectivity index (χ2n) is 7.91. The molecule has 0 saturated carbocycles. The van der Waals surface area contributed by atoms with Gasteiger partial charge in [0.25, 0.3) is 0 Å². The Morgan fingerprint density at radius 1 is 0.455 bits per heavy atom. The molecule has 0 fully saturated rings. The molecule has 0 spiro atoms. The van der Waals surface area contributed by atoms with E-state index in [1.807, 2.05) is 0 Å². The van der Waals surface area contributed by atoms with E-state index < -0.39 is 15.8 Å². The van der Waals surface area contributed by atoms with Gasteiger partial charge in [0, 0.05) is 0 Å². The molecule has 0 aliphatic carbocycles. The maximum atomic E-state index is 4.70. The minimum absolute atomic E-state index is 0.569. The van der Waals surface area contributed by atoms with Crippen LogP contribution in [0, 0.1) is 0 Å². The van der Waals surface area contributed by atoms with Crippen molar-refractivity contribution in [2.75, 3.05) is 0 Å². The van der Waals surface area contributed by atoms with Gasteiger partial charge in [-0.2, -0.15) is 0 Å². The van der Waals surface area contributed by atoms with Gasteiger partial charge in [0.15, 0.2) is 0 Å². The van der Waals surface area contributed by atoms with Crippen molar-refractivity contribution >= 4 is 57.4 Å². The van der Waals surface area contributed by atoms with Gasteiger partial charge < -0.3 is 0 Å². The first kappa shape index (κ1) is 26.4. The zero-order valence-electron chi connectivity index (χ0n) is 18.8. The third-order valence-electron chi connectivity index (χ3n) is 6.00. The van der Waals surface area contributed by atoms with Crippen LogP contribution >= 0.6 is 36.2 Å². The Bertz CT molecular complexity index is 884. The van der Waals surface area contributed by atoms with Crippen LogP contribution in [0.15, 0.2) is 121 Å². The second kappa shape index (κ2) is 14.3. The Kier molecular flexibility index (Phi) is 11.4. The first-order valence-corrected chi connectivity index (χ1v) is 16.8. The van der Waals surface area contributed by atoms with Crippen LogP contribution in [0.3, 0.4) is 0 Å². The van der Waals surface area contributed by atoms with Crippen molar-refractivity contribution < 1.29 is 12.7 Å². The summed E-state index contributed by atoms with van der Waals surface area (Å²) in [5.74, 6) is 0. The zero-order valence-corrected chi connectivity index (χ0v) is 23.3. The fourth-order valence-electron chi connectivity index (χ4n) is 4.36. The molecule has 4 aromatic carbocycles. The van der Waals surface area contributed by atoms with Crippen LogP contribution in [0.5, 0.6) is 0 Å². The van der Waals surface area contributed by atoms with E-state index in [4.69, 9.17) is 20.4 Å². The van der Waals surface area contributed by atoms with E-state index >= 15 is 0 Å². The molecular formula is C28H30Cl2NiP2+2. The normalized spacial score (nSPS) is 12.8. The standard InChI is InChI=1S/C28H28P2.2ClH.Ni/c1-23(29(25-15-7-3-8-16-25)26-17-9-4-10-18-26)24(2)30(27-19-11-5-12-20-27)28-21-13-6-14-22-28;;;/h3-24H,1-2H3;2*1H;/q;;;+2/t23-,24-;;;/m0.../s1. The molecule has 2 atom stereocenters. The summed E-state index contributed by atoms with van der Waals surface area (Å²) >= 11 is 0.569. The molecule has 0 bridgehead atoms. The number of hydrogen-bond donors (Lipinski definition) is 0. The van der Waals surface area contributed by atoms with E-state index in [0.717, 1.165) is 0 Å². The summed E-state index contributed by atoms with van der Waals surface area (Å²) in [6.07, 6.45) is 0. The van der Waals surface area contributed by atoms with Crippen molar-refractivity contribution in [2.45, 2.75) is 25.2 Å². The van der Waals surface area contributed by atoms with Crippen molar-refractivity contribution in [3.05, 3.63) is 121 Å². The number of hydrogen-bond acceptors (Lipinski definition) is 0. The molecule has 0 N–H and O–H groups in total. The molecule has 4 rings (SSSR count). The molecule has 174 valence electrons. The number of benzene rings is 4. The van der Waals surface area contributed by atoms with Gasteiger partial charge >= 0.3 is 33.0 Å². The summed E-state index contributed by atoms with van der Waals surface area (Å²) in [6, 6.07) is 44.8. The molecule has 0 radical (unpaired) electrons. The van der Waals surface area contributed by atoms with E-state index in [1.165, 1.54) is 21.2 Å². The average molecular weight is 558 g/mol. The number of halogens is 2. The molecule has 0 heterocycles. The fraction of sp³-hybridized carbons (Fsp3) is 0.143. The Hall–Kier alpha value is -1.19. The summed E-state index contributed by atoms with van der Waals surface area (Å²) in [5, 5.41) is 6.04. The van der Waals surface area contributed by atoms with E-state index in [2.05, 4.69) is 135 Å². The molecule has 0 amide bonds. The summed E-state index contributed by atoms with van der Waals surface area (Å²) < 4.78 is 0. The van der Waals surface area contributed by atoms with E-state index in [0.29, 0.717) is 24.0 Å². The van der Waals surface area contributed by atoms with Crippen molar-refractivity contribution in [1.29, 1.82) is 0 Å². The van der Waals surface area contributed by atoms with Gasteiger partial charge in [-0.25, -0.2) is 0 Å². The van der Waals surface area contributed by atoms with Gasteiger partial charge in [-0.1, -0.05) is 72.8 Å². The van der Waals surface area contributed by atoms with Crippen molar-refractivity contribution in [2.24, 2.45) is 0 Å². The molecule has 5 heteroatoms. The van der Waals surface area contributed by atoms with Gasteiger partial charge in [-0.15, -0.1) is 0 Å². The van der Waals surface area contributed by atoms with Gasteiger partial charge in [0.05, 0.1) is 37.1 Å². The summed E-state index contributed by atoms with van der Waals surface area (Å²) in [5.41, 5.74) is 1.21. The molecule has 0 unspecified atom stereocenters. The Labute approximate surface area is 215 Å². The Balaban J connectivity index is 0.000000968. The van der Waals surface area contributed by atoms with Crippen LogP contribution in [0.2, 0.25) is 0 Å². The molecule has 0 aromatic heterocycles. The molecule has 0 nitrogen and oxygen atoms in total. The van der Waals surface area contributed by atoms with Crippen molar-refractivity contribution in [3.8, 4) is 0 Å². The topological polar surface area (TPSA) is 0 Å². The van der Waals surface area contributed by atoms with Crippen LogP contribution in [-0.2, 0) is 12.7 Å². The van der Waals surface area contributed by atoms with Gasteiger partial charge in [-0.05, 0) is 62.4 Å². The predicted molar refractivity (Wildman–Crippen MR) is 152 cm³/mol. The Morgan fingerprint density at radius 2 is 0.636 bits per heavy atom. The predicted octanol–water partition coefficient (Wildman–Crippen LogP) is 6.87. The van der Waals surface area contributed by atoms with Crippen LogP contribution in [0.1, 0.15) is 13.8 Å². The van der Waals surface area contributed by atoms with E-state index in [-0.39, 0.29) is 0 Å². The first-order chi connectivity index (χ1) is 16.2.